The number of rotatable bonds is 5. The predicted molar refractivity (Wildman–Crippen MR) is 70.5 cm³/mol. The van der Waals surface area contributed by atoms with E-state index in [0.29, 0.717) is 11.8 Å². The zero-order chi connectivity index (χ0) is 12.1. The zero-order valence-corrected chi connectivity index (χ0v) is 11.5. The summed E-state index contributed by atoms with van der Waals surface area (Å²) in [5.41, 5.74) is 0. The normalized spacial score (nSPS) is 12.8. The van der Waals surface area contributed by atoms with E-state index in [1.165, 1.54) is 11.3 Å². The third kappa shape index (κ3) is 4.14. The fraction of sp³-hybridized carbons (Fsp3) is 0.583. The summed E-state index contributed by atoms with van der Waals surface area (Å²) in [4.78, 5) is 13.8. The first kappa shape index (κ1) is 13.5. The van der Waals surface area contributed by atoms with E-state index in [0.717, 1.165) is 16.2 Å². The monoisotopic (exact) mass is 259 g/mol. The molecule has 0 aromatic carbocycles. The van der Waals surface area contributed by atoms with Crippen LogP contribution in [0.3, 0.4) is 0 Å². The van der Waals surface area contributed by atoms with Gasteiger partial charge in [-0.2, -0.15) is 0 Å². The number of halogens is 1. The van der Waals surface area contributed by atoms with Crippen molar-refractivity contribution in [3.05, 3.63) is 21.9 Å². The Balaban J connectivity index is 2.55. The van der Waals surface area contributed by atoms with Crippen molar-refractivity contribution in [2.75, 3.05) is 5.88 Å². The van der Waals surface area contributed by atoms with E-state index in [-0.39, 0.29) is 11.9 Å². The minimum absolute atomic E-state index is 0.00981. The molecule has 90 valence electrons. The van der Waals surface area contributed by atoms with E-state index in [2.05, 4.69) is 19.2 Å². The van der Waals surface area contributed by atoms with Crippen molar-refractivity contribution in [3.63, 3.8) is 0 Å². The molecule has 0 spiro atoms. The SMILES string of the molecule is Cc1ccc(C(=O)NC(CCl)CC(C)C)s1. The van der Waals surface area contributed by atoms with Gasteiger partial charge in [0.2, 0.25) is 0 Å². The lowest BCUT2D eigenvalue weighted by Crippen LogP contribution is -2.36. The van der Waals surface area contributed by atoms with Crippen LogP contribution in [0.25, 0.3) is 0 Å². The van der Waals surface area contributed by atoms with E-state index < -0.39 is 0 Å². The lowest BCUT2D eigenvalue weighted by atomic mass is 10.1. The first-order chi connectivity index (χ1) is 7.52. The summed E-state index contributed by atoms with van der Waals surface area (Å²) in [6.45, 7) is 6.25. The van der Waals surface area contributed by atoms with E-state index in [1.807, 2.05) is 19.1 Å². The molecule has 1 atom stereocenters. The van der Waals surface area contributed by atoms with Crippen LogP contribution < -0.4 is 5.32 Å². The van der Waals surface area contributed by atoms with Gasteiger partial charge in [0.25, 0.3) is 5.91 Å². The van der Waals surface area contributed by atoms with Crippen LogP contribution in [0, 0.1) is 12.8 Å². The van der Waals surface area contributed by atoms with Gasteiger partial charge in [0.15, 0.2) is 0 Å². The van der Waals surface area contributed by atoms with Crippen molar-refractivity contribution < 1.29 is 4.79 Å². The van der Waals surface area contributed by atoms with Crippen molar-refractivity contribution in [1.29, 1.82) is 0 Å². The highest BCUT2D eigenvalue weighted by molar-refractivity contribution is 7.13. The summed E-state index contributed by atoms with van der Waals surface area (Å²) in [5.74, 6) is 0.993. The molecular formula is C12H18ClNOS. The number of nitrogens with one attached hydrogen (secondary N) is 1. The van der Waals surface area contributed by atoms with Crippen LogP contribution >= 0.6 is 22.9 Å². The number of carbonyl (C=O) groups excluding carboxylic acids is 1. The molecule has 1 N–H and O–H groups in total. The molecule has 1 aromatic rings. The van der Waals surface area contributed by atoms with Gasteiger partial charge in [0, 0.05) is 16.8 Å². The largest absolute Gasteiger partial charge is 0.347 e. The topological polar surface area (TPSA) is 29.1 Å². The summed E-state index contributed by atoms with van der Waals surface area (Å²) < 4.78 is 0. The second kappa shape index (κ2) is 6.26. The first-order valence-corrected chi connectivity index (χ1v) is 6.81. The van der Waals surface area contributed by atoms with Gasteiger partial charge in [0.1, 0.15) is 0 Å². The number of hydrogen-bond donors (Lipinski definition) is 1. The third-order valence-electron chi connectivity index (χ3n) is 2.24. The highest BCUT2D eigenvalue weighted by atomic mass is 35.5. The van der Waals surface area contributed by atoms with E-state index >= 15 is 0 Å². The summed E-state index contributed by atoms with van der Waals surface area (Å²) in [6, 6.07) is 3.88. The molecule has 1 rings (SSSR count). The lowest BCUT2D eigenvalue weighted by Gasteiger charge is -2.17. The second-order valence-corrected chi connectivity index (χ2v) is 5.96. The predicted octanol–water partition coefficient (Wildman–Crippen LogP) is 3.44. The smallest absolute Gasteiger partial charge is 0.261 e. The Kier molecular flexibility index (Phi) is 5.29. The second-order valence-electron chi connectivity index (χ2n) is 4.36. The van der Waals surface area contributed by atoms with Crippen LogP contribution in [0.5, 0.6) is 0 Å². The number of aryl methyl sites for hydroxylation is 1. The Morgan fingerprint density at radius 2 is 2.19 bits per heavy atom. The molecule has 0 aliphatic rings. The molecular weight excluding hydrogens is 242 g/mol. The molecule has 0 saturated carbocycles. The molecule has 0 saturated heterocycles. The highest BCUT2D eigenvalue weighted by Gasteiger charge is 2.15. The fourth-order valence-corrected chi connectivity index (χ4v) is 2.52. The highest BCUT2D eigenvalue weighted by Crippen LogP contribution is 2.15. The molecule has 16 heavy (non-hydrogen) atoms. The summed E-state index contributed by atoms with van der Waals surface area (Å²) in [5, 5.41) is 2.97. The van der Waals surface area contributed by atoms with Gasteiger partial charge in [-0.15, -0.1) is 22.9 Å². The van der Waals surface area contributed by atoms with Gasteiger partial charge in [-0.25, -0.2) is 0 Å². The molecule has 1 heterocycles. The molecule has 4 heteroatoms. The van der Waals surface area contributed by atoms with Gasteiger partial charge in [-0.1, -0.05) is 13.8 Å². The Hall–Kier alpha value is -0.540. The van der Waals surface area contributed by atoms with Crippen molar-refractivity contribution in [3.8, 4) is 0 Å². The molecule has 0 bridgehead atoms. The molecule has 1 amide bonds. The Morgan fingerprint density at radius 3 is 2.62 bits per heavy atom. The average Bonchev–Trinajstić information content (AvgIpc) is 2.63. The third-order valence-corrected chi connectivity index (χ3v) is 3.61. The van der Waals surface area contributed by atoms with E-state index in [1.54, 1.807) is 0 Å². The number of carbonyl (C=O) groups is 1. The van der Waals surface area contributed by atoms with Crippen LogP contribution in [0.4, 0.5) is 0 Å². The molecule has 0 aliphatic heterocycles. The van der Waals surface area contributed by atoms with Gasteiger partial charge in [0.05, 0.1) is 4.88 Å². The molecule has 2 nitrogen and oxygen atoms in total. The minimum Gasteiger partial charge on any atom is -0.347 e. The summed E-state index contributed by atoms with van der Waals surface area (Å²) in [7, 11) is 0. The fourth-order valence-electron chi connectivity index (χ4n) is 1.54. The van der Waals surface area contributed by atoms with Crippen molar-refractivity contribution >= 4 is 28.8 Å². The standard InChI is InChI=1S/C12H18ClNOS/c1-8(2)6-10(7-13)14-12(15)11-5-4-9(3)16-11/h4-5,8,10H,6-7H2,1-3H3,(H,14,15). The maximum absolute atomic E-state index is 11.8. The van der Waals surface area contributed by atoms with Crippen molar-refractivity contribution in [2.45, 2.75) is 33.2 Å². The maximum Gasteiger partial charge on any atom is 0.261 e. The van der Waals surface area contributed by atoms with Crippen molar-refractivity contribution in [2.24, 2.45) is 5.92 Å². The van der Waals surface area contributed by atoms with Gasteiger partial charge in [-0.05, 0) is 31.4 Å². The minimum atomic E-state index is -0.00981. The van der Waals surface area contributed by atoms with Crippen LogP contribution in [0.2, 0.25) is 0 Å². The summed E-state index contributed by atoms with van der Waals surface area (Å²) >= 11 is 7.35. The van der Waals surface area contributed by atoms with Gasteiger partial charge >= 0.3 is 0 Å². The van der Waals surface area contributed by atoms with E-state index in [9.17, 15) is 4.79 Å². The van der Waals surface area contributed by atoms with Crippen LogP contribution in [-0.4, -0.2) is 17.8 Å². The first-order valence-electron chi connectivity index (χ1n) is 5.46. The average molecular weight is 260 g/mol. The molecule has 0 radical (unpaired) electrons. The Morgan fingerprint density at radius 1 is 1.50 bits per heavy atom. The number of alkyl halides is 1. The van der Waals surface area contributed by atoms with Crippen LogP contribution in [0.1, 0.15) is 34.8 Å². The molecule has 0 fully saturated rings. The summed E-state index contributed by atoms with van der Waals surface area (Å²) in [6.07, 6.45) is 0.916. The number of hydrogen-bond acceptors (Lipinski definition) is 2. The van der Waals surface area contributed by atoms with Crippen LogP contribution in [-0.2, 0) is 0 Å². The van der Waals surface area contributed by atoms with Gasteiger partial charge in [-0.3, -0.25) is 4.79 Å². The molecule has 1 unspecified atom stereocenters. The Bertz CT molecular complexity index is 349. The maximum atomic E-state index is 11.8. The molecule has 0 aliphatic carbocycles. The molecule has 1 aromatic heterocycles. The number of amides is 1. The van der Waals surface area contributed by atoms with Crippen LogP contribution in [0.15, 0.2) is 12.1 Å². The van der Waals surface area contributed by atoms with Gasteiger partial charge < -0.3 is 5.32 Å². The number of thiophene rings is 1. The van der Waals surface area contributed by atoms with Crippen molar-refractivity contribution in [1.82, 2.24) is 5.32 Å². The quantitative estimate of drug-likeness (QED) is 0.807. The lowest BCUT2D eigenvalue weighted by molar-refractivity contribution is 0.0941. The zero-order valence-electron chi connectivity index (χ0n) is 9.92. The Labute approximate surface area is 106 Å². The van der Waals surface area contributed by atoms with E-state index in [4.69, 9.17) is 11.6 Å².